The fraction of sp³-hybridized carbons (Fsp3) is 0.500. The van der Waals surface area contributed by atoms with Gasteiger partial charge in [-0.2, -0.15) is 0 Å². The van der Waals surface area contributed by atoms with Crippen LogP contribution in [0.25, 0.3) is 10.9 Å². The van der Waals surface area contributed by atoms with E-state index in [0.717, 1.165) is 51.1 Å². The standard InChI is InChI=1S/C26H35N5O2/c1-3-22(4-2)31-18-20(23-10-5-6-11-24(23)31)9-7-8-19-12-14-30(15-13-19)26-27-16-21(17-28-26)25(32)29-33/h5-6,10-11,16-19,22,33H,3-4,7-9,12-15H2,1-2H3,(H,29,32). The number of carbonyl (C=O) groups excluding carboxylic acids is 1. The van der Waals surface area contributed by atoms with Gasteiger partial charge in [-0.25, -0.2) is 15.4 Å². The lowest BCUT2D eigenvalue weighted by atomic mass is 9.91. The first-order valence-electron chi connectivity index (χ1n) is 12.2. The van der Waals surface area contributed by atoms with Crippen LogP contribution in [0.4, 0.5) is 5.95 Å². The van der Waals surface area contributed by atoms with Crippen molar-refractivity contribution in [3.8, 4) is 0 Å². The minimum absolute atomic E-state index is 0.252. The molecule has 4 rings (SSSR count). The first-order valence-corrected chi connectivity index (χ1v) is 12.2. The molecule has 1 aliphatic heterocycles. The lowest BCUT2D eigenvalue weighted by Gasteiger charge is -2.32. The second-order valence-corrected chi connectivity index (χ2v) is 9.08. The number of hydroxylamine groups is 1. The van der Waals surface area contributed by atoms with Crippen LogP contribution in [0.1, 0.15) is 74.3 Å². The van der Waals surface area contributed by atoms with Crippen LogP contribution < -0.4 is 10.4 Å². The van der Waals surface area contributed by atoms with Crippen LogP contribution in [-0.4, -0.2) is 38.7 Å². The number of aryl methyl sites for hydroxylation is 1. The molecule has 33 heavy (non-hydrogen) atoms. The summed E-state index contributed by atoms with van der Waals surface area (Å²) >= 11 is 0. The quantitative estimate of drug-likeness (QED) is 0.349. The van der Waals surface area contributed by atoms with Crippen molar-refractivity contribution in [1.82, 2.24) is 20.0 Å². The van der Waals surface area contributed by atoms with Gasteiger partial charge in [0.2, 0.25) is 5.95 Å². The lowest BCUT2D eigenvalue weighted by molar-refractivity contribution is 0.0705. The summed E-state index contributed by atoms with van der Waals surface area (Å²) in [6.07, 6.45) is 13.5. The smallest absolute Gasteiger partial charge is 0.277 e. The van der Waals surface area contributed by atoms with E-state index < -0.39 is 5.91 Å². The van der Waals surface area contributed by atoms with Crippen molar-refractivity contribution in [3.63, 3.8) is 0 Å². The molecule has 1 amide bonds. The first kappa shape index (κ1) is 23.2. The van der Waals surface area contributed by atoms with E-state index in [0.29, 0.717) is 12.0 Å². The number of benzene rings is 1. The van der Waals surface area contributed by atoms with Crippen LogP contribution >= 0.6 is 0 Å². The molecule has 0 saturated carbocycles. The number of carbonyl (C=O) groups is 1. The van der Waals surface area contributed by atoms with E-state index >= 15 is 0 Å². The first-order chi connectivity index (χ1) is 16.1. The fourth-order valence-electron chi connectivity index (χ4n) is 5.13. The highest BCUT2D eigenvalue weighted by Crippen LogP contribution is 2.30. The van der Waals surface area contributed by atoms with Crippen LogP contribution in [0.15, 0.2) is 42.9 Å². The molecule has 2 aromatic heterocycles. The number of fused-ring (bicyclic) bond motifs is 1. The van der Waals surface area contributed by atoms with E-state index in [2.05, 4.69) is 63.7 Å². The molecule has 3 heterocycles. The molecule has 7 heteroatoms. The second-order valence-electron chi connectivity index (χ2n) is 9.08. The van der Waals surface area contributed by atoms with Crippen LogP contribution in [-0.2, 0) is 6.42 Å². The number of anilines is 1. The molecule has 1 saturated heterocycles. The average molecular weight is 450 g/mol. The van der Waals surface area contributed by atoms with Crippen molar-refractivity contribution >= 4 is 22.8 Å². The molecule has 0 radical (unpaired) electrons. The van der Waals surface area contributed by atoms with Crippen molar-refractivity contribution in [2.45, 2.75) is 64.8 Å². The maximum atomic E-state index is 11.4. The molecule has 2 N–H and O–H groups in total. The number of para-hydroxylation sites is 1. The fourth-order valence-corrected chi connectivity index (χ4v) is 5.13. The number of nitrogens with zero attached hydrogens (tertiary/aromatic N) is 4. The van der Waals surface area contributed by atoms with E-state index in [9.17, 15) is 4.79 Å². The Morgan fingerprint density at radius 3 is 2.52 bits per heavy atom. The Morgan fingerprint density at radius 2 is 1.85 bits per heavy atom. The molecule has 7 nitrogen and oxygen atoms in total. The summed E-state index contributed by atoms with van der Waals surface area (Å²) in [6.45, 7) is 6.43. The Morgan fingerprint density at radius 1 is 1.15 bits per heavy atom. The molecule has 0 unspecified atom stereocenters. The second kappa shape index (κ2) is 10.8. The predicted octanol–water partition coefficient (Wildman–Crippen LogP) is 5.15. The number of aromatic nitrogens is 3. The lowest BCUT2D eigenvalue weighted by Crippen LogP contribution is -2.35. The van der Waals surface area contributed by atoms with Gasteiger partial charge in [-0.3, -0.25) is 10.0 Å². The van der Waals surface area contributed by atoms with Gasteiger partial charge in [0.15, 0.2) is 0 Å². The number of hydrogen-bond acceptors (Lipinski definition) is 5. The largest absolute Gasteiger partial charge is 0.344 e. The molecule has 1 aromatic carbocycles. The molecule has 1 aliphatic rings. The van der Waals surface area contributed by atoms with Crippen molar-refractivity contribution < 1.29 is 10.0 Å². The van der Waals surface area contributed by atoms with E-state index in [4.69, 9.17) is 5.21 Å². The van der Waals surface area contributed by atoms with Crippen LogP contribution in [0, 0.1) is 5.92 Å². The van der Waals surface area contributed by atoms with Gasteiger partial charge in [0.25, 0.3) is 5.91 Å². The van der Waals surface area contributed by atoms with E-state index in [1.807, 2.05) is 0 Å². The van der Waals surface area contributed by atoms with Crippen LogP contribution in [0.5, 0.6) is 0 Å². The zero-order chi connectivity index (χ0) is 23.2. The molecule has 0 aliphatic carbocycles. The third-order valence-electron chi connectivity index (χ3n) is 7.12. The Labute approximate surface area is 195 Å². The molecule has 0 bridgehead atoms. The summed E-state index contributed by atoms with van der Waals surface area (Å²) in [7, 11) is 0. The number of piperidine rings is 1. The van der Waals surface area contributed by atoms with Crippen molar-refractivity contribution in [2.75, 3.05) is 18.0 Å². The Balaban J connectivity index is 1.30. The van der Waals surface area contributed by atoms with Gasteiger partial charge >= 0.3 is 0 Å². The maximum Gasteiger partial charge on any atom is 0.277 e. The van der Waals surface area contributed by atoms with Gasteiger partial charge in [-0.15, -0.1) is 0 Å². The van der Waals surface area contributed by atoms with Gasteiger partial charge in [0.1, 0.15) is 0 Å². The average Bonchev–Trinajstić information content (AvgIpc) is 3.23. The van der Waals surface area contributed by atoms with Crippen molar-refractivity contribution in [1.29, 1.82) is 0 Å². The van der Waals surface area contributed by atoms with Gasteiger partial charge in [0, 0.05) is 48.6 Å². The van der Waals surface area contributed by atoms with Gasteiger partial charge in [-0.1, -0.05) is 32.0 Å². The SMILES string of the molecule is CCC(CC)n1cc(CCCC2CCN(c3ncc(C(=O)NO)cn3)CC2)c2ccccc21. The van der Waals surface area contributed by atoms with Gasteiger partial charge < -0.3 is 9.47 Å². The zero-order valence-electron chi connectivity index (χ0n) is 19.7. The summed E-state index contributed by atoms with van der Waals surface area (Å²) in [5.74, 6) is 0.786. The molecule has 3 aromatic rings. The van der Waals surface area contributed by atoms with Gasteiger partial charge in [0.05, 0.1) is 5.56 Å². The molecular formula is C26H35N5O2. The van der Waals surface area contributed by atoms with E-state index in [-0.39, 0.29) is 5.56 Å². The molecule has 1 fully saturated rings. The van der Waals surface area contributed by atoms with Gasteiger partial charge in [-0.05, 0) is 62.5 Å². The minimum atomic E-state index is -0.594. The van der Waals surface area contributed by atoms with E-state index in [1.165, 1.54) is 41.7 Å². The van der Waals surface area contributed by atoms with Crippen molar-refractivity contribution in [3.05, 3.63) is 54.0 Å². The Hall–Kier alpha value is -2.93. The number of amides is 1. The third kappa shape index (κ3) is 5.19. The summed E-state index contributed by atoms with van der Waals surface area (Å²) in [6, 6.07) is 9.42. The highest BCUT2D eigenvalue weighted by Gasteiger charge is 2.21. The minimum Gasteiger partial charge on any atom is -0.344 e. The van der Waals surface area contributed by atoms with Crippen molar-refractivity contribution in [2.24, 2.45) is 5.92 Å². The molecule has 0 spiro atoms. The topological polar surface area (TPSA) is 83.3 Å². The normalized spacial score (nSPS) is 14.8. The molecule has 176 valence electrons. The van der Waals surface area contributed by atoms with E-state index in [1.54, 1.807) is 5.48 Å². The number of rotatable bonds is 9. The highest BCUT2D eigenvalue weighted by atomic mass is 16.5. The Bertz CT molecular complexity index is 1050. The third-order valence-corrected chi connectivity index (χ3v) is 7.12. The van der Waals surface area contributed by atoms with Crippen LogP contribution in [0.3, 0.4) is 0 Å². The number of nitrogens with one attached hydrogen (secondary N) is 1. The monoisotopic (exact) mass is 449 g/mol. The molecular weight excluding hydrogens is 414 g/mol. The predicted molar refractivity (Wildman–Crippen MR) is 131 cm³/mol. The summed E-state index contributed by atoms with van der Waals surface area (Å²) in [5, 5.41) is 10.1. The highest BCUT2D eigenvalue weighted by molar-refractivity contribution is 5.92. The summed E-state index contributed by atoms with van der Waals surface area (Å²) in [4.78, 5) is 22.2. The maximum absolute atomic E-state index is 11.4. The number of hydrogen-bond donors (Lipinski definition) is 2. The van der Waals surface area contributed by atoms with Crippen LogP contribution in [0.2, 0.25) is 0 Å². The Kier molecular flexibility index (Phi) is 7.60. The summed E-state index contributed by atoms with van der Waals surface area (Å²) in [5.41, 5.74) is 4.71. The summed E-state index contributed by atoms with van der Waals surface area (Å²) < 4.78 is 2.50. The molecule has 0 atom stereocenters. The zero-order valence-corrected chi connectivity index (χ0v) is 19.7.